The average molecular weight is 244 g/mol. The highest BCUT2D eigenvalue weighted by Crippen LogP contribution is 2.17. The number of hydrazine groups is 1. The SMILES string of the molecule is CCOCCOc1cc(NN)nc(SC)n1. The van der Waals surface area contributed by atoms with Crippen LogP contribution in [0.1, 0.15) is 6.92 Å². The molecule has 0 spiro atoms. The third-order valence-corrected chi connectivity index (χ3v) is 2.24. The van der Waals surface area contributed by atoms with Crippen molar-refractivity contribution < 1.29 is 9.47 Å². The first kappa shape index (κ1) is 13.0. The van der Waals surface area contributed by atoms with E-state index in [9.17, 15) is 0 Å². The first-order chi connectivity index (χ1) is 7.80. The molecule has 0 amide bonds. The van der Waals surface area contributed by atoms with E-state index in [1.165, 1.54) is 11.8 Å². The number of anilines is 1. The fourth-order valence-corrected chi connectivity index (χ4v) is 1.36. The topological polar surface area (TPSA) is 82.3 Å². The molecule has 1 rings (SSSR count). The molecule has 0 saturated carbocycles. The lowest BCUT2D eigenvalue weighted by Gasteiger charge is -2.08. The van der Waals surface area contributed by atoms with E-state index in [2.05, 4.69) is 15.4 Å². The number of nitrogens with zero attached hydrogens (tertiary/aromatic N) is 2. The van der Waals surface area contributed by atoms with Crippen LogP contribution in [0.15, 0.2) is 11.2 Å². The van der Waals surface area contributed by atoms with Gasteiger partial charge in [-0.05, 0) is 13.2 Å². The van der Waals surface area contributed by atoms with E-state index in [1.54, 1.807) is 6.07 Å². The number of aromatic nitrogens is 2. The van der Waals surface area contributed by atoms with Crippen molar-refractivity contribution in [3.05, 3.63) is 6.07 Å². The van der Waals surface area contributed by atoms with Crippen LogP contribution in [0, 0.1) is 0 Å². The highest BCUT2D eigenvalue weighted by atomic mass is 32.2. The first-order valence-corrected chi connectivity index (χ1v) is 6.12. The molecule has 0 radical (unpaired) electrons. The van der Waals surface area contributed by atoms with Gasteiger partial charge >= 0.3 is 0 Å². The molecule has 0 aromatic carbocycles. The van der Waals surface area contributed by atoms with Crippen LogP contribution in [0.25, 0.3) is 0 Å². The van der Waals surface area contributed by atoms with Gasteiger partial charge in [-0.15, -0.1) is 0 Å². The zero-order valence-electron chi connectivity index (χ0n) is 9.40. The van der Waals surface area contributed by atoms with E-state index < -0.39 is 0 Å². The first-order valence-electron chi connectivity index (χ1n) is 4.90. The molecule has 1 aromatic heterocycles. The molecule has 1 heterocycles. The summed E-state index contributed by atoms with van der Waals surface area (Å²) in [5, 5.41) is 0.613. The van der Waals surface area contributed by atoms with E-state index in [4.69, 9.17) is 15.3 Å². The molecule has 0 unspecified atom stereocenters. The molecule has 0 fully saturated rings. The fraction of sp³-hybridized carbons (Fsp3) is 0.556. The molecule has 1 aromatic rings. The maximum atomic E-state index is 5.41. The van der Waals surface area contributed by atoms with Gasteiger partial charge in [0.2, 0.25) is 5.88 Å². The maximum Gasteiger partial charge on any atom is 0.219 e. The highest BCUT2D eigenvalue weighted by molar-refractivity contribution is 7.98. The van der Waals surface area contributed by atoms with Crippen molar-refractivity contribution in [2.24, 2.45) is 5.84 Å². The number of thioether (sulfide) groups is 1. The molecule has 6 nitrogen and oxygen atoms in total. The number of nitrogens with two attached hydrogens (primary N) is 1. The highest BCUT2D eigenvalue weighted by Gasteiger charge is 2.03. The summed E-state index contributed by atoms with van der Waals surface area (Å²) in [5.74, 6) is 6.31. The number of hydrogen-bond donors (Lipinski definition) is 2. The molecule has 0 aliphatic heterocycles. The average Bonchev–Trinajstić information content (AvgIpc) is 2.34. The van der Waals surface area contributed by atoms with Gasteiger partial charge in [0.05, 0.1) is 6.61 Å². The number of hydrogen-bond acceptors (Lipinski definition) is 7. The Morgan fingerprint density at radius 3 is 2.88 bits per heavy atom. The summed E-state index contributed by atoms with van der Waals surface area (Å²) in [5.41, 5.74) is 2.47. The van der Waals surface area contributed by atoms with Crippen molar-refractivity contribution in [3.63, 3.8) is 0 Å². The summed E-state index contributed by atoms with van der Waals surface area (Å²) in [6.45, 7) is 3.62. The lowest BCUT2D eigenvalue weighted by atomic mass is 10.5. The summed E-state index contributed by atoms with van der Waals surface area (Å²) in [6.07, 6.45) is 1.89. The summed E-state index contributed by atoms with van der Waals surface area (Å²) in [6, 6.07) is 1.64. The summed E-state index contributed by atoms with van der Waals surface area (Å²) in [4.78, 5) is 8.30. The number of nitrogens with one attached hydrogen (secondary N) is 1. The standard InChI is InChI=1S/C9H16N4O2S/c1-3-14-4-5-15-8-6-7(13-10)11-9(12-8)16-2/h6H,3-5,10H2,1-2H3,(H,11,12,13). The lowest BCUT2D eigenvalue weighted by Crippen LogP contribution is -2.11. The monoisotopic (exact) mass is 244 g/mol. The van der Waals surface area contributed by atoms with Crippen LogP contribution in [-0.4, -0.2) is 36.0 Å². The van der Waals surface area contributed by atoms with E-state index in [-0.39, 0.29) is 0 Å². The minimum absolute atomic E-state index is 0.461. The van der Waals surface area contributed by atoms with Gasteiger partial charge in [0, 0.05) is 12.7 Å². The predicted molar refractivity (Wildman–Crippen MR) is 63.6 cm³/mol. The second-order valence-corrected chi connectivity index (χ2v) is 3.54. The lowest BCUT2D eigenvalue weighted by molar-refractivity contribution is 0.108. The number of nitrogen functional groups attached to an aromatic ring is 1. The van der Waals surface area contributed by atoms with E-state index in [0.29, 0.717) is 36.7 Å². The molecule has 0 atom stereocenters. The largest absolute Gasteiger partial charge is 0.475 e. The van der Waals surface area contributed by atoms with Gasteiger partial charge in [-0.1, -0.05) is 11.8 Å². The quantitative estimate of drug-likeness (QED) is 0.242. The second-order valence-electron chi connectivity index (χ2n) is 2.77. The van der Waals surface area contributed by atoms with Gasteiger partial charge in [0.15, 0.2) is 5.16 Å². The molecule has 0 saturated heterocycles. The van der Waals surface area contributed by atoms with Crippen LogP contribution >= 0.6 is 11.8 Å². The summed E-state index contributed by atoms with van der Waals surface area (Å²) < 4.78 is 10.6. The Kier molecular flexibility index (Phi) is 5.91. The number of ether oxygens (including phenoxy) is 2. The molecular formula is C9H16N4O2S. The Labute approximate surface area is 98.9 Å². The maximum absolute atomic E-state index is 5.41. The smallest absolute Gasteiger partial charge is 0.219 e. The molecular weight excluding hydrogens is 228 g/mol. The fourth-order valence-electron chi connectivity index (χ4n) is 0.992. The van der Waals surface area contributed by atoms with Gasteiger partial charge in [-0.25, -0.2) is 10.8 Å². The Hall–Kier alpha value is -1.05. The third-order valence-electron chi connectivity index (χ3n) is 1.69. The zero-order valence-corrected chi connectivity index (χ0v) is 10.2. The molecule has 0 aliphatic carbocycles. The Bertz CT molecular complexity index is 302. The minimum atomic E-state index is 0.461. The van der Waals surface area contributed by atoms with Crippen LogP contribution in [0.3, 0.4) is 0 Å². The Balaban J connectivity index is 2.57. The molecule has 16 heavy (non-hydrogen) atoms. The second kappa shape index (κ2) is 7.26. The van der Waals surface area contributed by atoms with Crippen molar-refractivity contribution in [1.29, 1.82) is 0 Å². The van der Waals surface area contributed by atoms with Crippen LogP contribution < -0.4 is 16.0 Å². The van der Waals surface area contributed by atoms with Gasteiger partial charge < -0.3 is 14.9 Å². The molecule has 0 aliphatic rings. The summed E-state index contributed by atoms with van der Waals surface area (Å²) in [7, 11) is 0. The molecule has 90 valence electrons. The van der Waals surface area contributed by atoms with Gasteiger partial charge in [-0.2, -0.15) is 4.98 Å². The van der Waals surface area contributed by atoms with Crippen molar-refractivity contribution in [1.82, 2.24) is 9.97 Å². The van der Waals surface area contributed by atoms with Gasteiger partial charge in [0.1, 0.15) is 12.4 Å². The van der Waals surface area contributed by atoms with Gasteiger partial charge in [-0.3, -0.25) is 0 Å². The normalized spacial score (nSPS) is 10.2. The molecule has 0 bridgehead atoms. The van der Waals surface area contributed by atoms with E-state index >= 15 is 0 Å². The van der Waals surface area contributed by atoms with Crippen LogP contribution in [0.2, 0.25) is 0 Å². The van der Waals surface area contributed by atoms with Crippen LogP contribution in [0.5, 0.6) is 5.88 Å². The van der Waals surface area contributed by atoms with Crippen molar-refractivity contribution >= 4 is 17.6 Å². The number of rotatable bonds is 7. The molecule has 3 N–H and O–H groups in total. The minimum Gasteiger partial charge on any atom is -0.475 e. The Morgan fingerprint density at radius 1 is 1.44 bits per heavy atom. The summed E-state index contributed by atoms with van der Waals surface area (Å²) >= 11 is 1.43. The predicted octanol–water partition coefficient (Wildman–Crippen LogP) is 0.899. The zero-order chi connectivity index (χ0) is 11.8. The Morgan fingerprint density at radius 2 is 2.25 bits per heavy atom. The van der Waals surface area contributed by atoms with Crippen molar-refractivity contribution in [3.8, 4) is 5.88 Å². The van der Waals surface area contributed by atoms with Crippen LogP contribution in [-0.2, 0) is 4.74 Å². The van der Waals surface area contributed by atoms with Crippen molar-refractivity contribution in [2.75, 3.05) is 31.5 Å². The third kappa shape index (κ3) is 4.21. The van der Waals surface area contributed by atoms with E-state index in [1.807, 2.05) is 13.2 Å². The van der Waals surface area contributed by atoms with Gasteiger partial charge in [0.25, 0.3) is 0 Å². The molecule has 7 heteroatoms. The van der Waals surface area contributed by atoms with Crippen molar-refractivity contribution in [2.45, 2.75) is 12.1 Å². The van der Waals surface area contributed by atoms with E-state index in [0.717, 1.165) is 0 Å². The van der Waals surface area contributed by atoms with Crippen LogP contribution in [0.4, 0.5) is 5.82 Å².